The van der Waals surface area contributed by atoms with Crippen molar-refractivity contribution in [1.29, 1.82) is 0 Å². The monoisotopic (exact) mass is 490 g/mol. The largest absolute Gasteiger partial charge is 0.328 e. The highest BCUT2D eigenvalue weighted by atomic mass is 35.5. The van der Waals surface area contributed by atoms with E-state index in [0.29, 0.717) is 48.6 Å². The molecule has 2 N–H and O–H groups in total. The highest BCUT2D eigenvalue weighted by Crippen LogP contribution is 2.30. The summed E-state index contributed by atoms with van der Waals surface area (Å²) in [7, 11) is -3.23. The van der Waals surface area contributed by atoms with Crippen LogP contribution >= 0.6 is 23.2 Å². The summed E-state index contributed by atoms with van der Waals surface area (Å²) >= 11 is 12.3. The van der Waals surface area contributed by atoms with Gasteiger partial charge in [-0.3, -0.25) is 4.79 Å². The number of anilines is 1. The Bertz CT molecular complexity index is 867. The maximum atomic E-state index is 13.4. The normalized spacial score (nSPS) is 20.1. The minimum absolute atomic E-state index is 0.0206. The predicted molar refractivity (Wildman–Crippen MR) is 126 cm³/mol. The van der Waals surface area contributed by atoms with Crippen LogP contribution in [0.5, 0.6) is 0 Å². The van der Waals surface area contributed by atoms with Crippen molar-refractivity contribution in [1.82, 2.24) is 9.21 Å². The highest BCUT2D eigenvalue weighted by Gasteiger charge is 2.32. The molecule has 0 bridgehead atoms. The molecule has 0 atom stereocenters. The van der Waals surface area contributed by atoms with Crippen molar-refractivity contribution in [3.05, 3.63) is 28.2 Å². The lowest BCUT2D eigenvalue weighted by atomic mass is 9.96. The van der Waals surface area contributed by atoms with Crippen LogP contribution in [0.15, 0.2) is 18.2 Å². The van der Waals surface area contributed by atoms with Crippen molar-refractivity contribution in [2.75, 3.05) is 50.4 Å². The van der Waals surface area contributed by atoms with Gasteiger partial charge in [0.05, 0.1) is 16.3 Å². The van der Waals surface area contributed by atoms with Gasteiger partial charge >= 0.3 is 0 Å². The van der Waals surface area contributed by atoms with E-state index in [1.165, 1.54) is 10.6 Å². The Morgan fingerprint density at radius 3 is 2.32 bits per heavy atom. The Hall–Kier alpha value is -0.900. The van der Waals surface area contributed by atoms with Crippen molar-refractivity contribution in [3.8, 4) is 0 Å². The number of carbonyl (C=O) groups excluding carboxylic acids is 1. The van der Waals surface area contributed by atoms with E-state index in [2.05, 4.69) is 4.90 Å². The van der Waals surface area contributed by atoms with Crippen LogP contribution in [0.4, 0.5) is 5.69 Å². The lowest BCUT2D eigenvalue weighted by molar-refractivity contribution is -0.123. The van der Waals surface area contributed by atoms with Gasteiger partial charge in [-0.25, -0.2) is 12.7 Å². The maximum Gasteiger partial charge on any atom is 0.230 e. The summed E-state index contributed by atoms with van der Waals surface area (Å²) in [5, 5.41) is 0.859. The topological polar surface area (TPSA) is 87.0 Å². The molecular formula is C21H32Cl2N4O3S. The van der Waals surface area contributed by atoms with E-state index in [0.717, 1.165) is 44.6 Å². The quantitative estimate of drug-likeness (QED) is 0.634. The third-order valence-corrected chi connectivity index (χ3v) is 8.28. The molecule has 3 rings (SSSR count). The number of sulfonamides is 1. The number of hydrogen-bond donors (Lipinski definition) is 1. The van der Waals surface area contributed by atoms with Crippen LogP contribution in [0.25, 0.3) is 0 Å². The molecule has 0 unspecified atom stereocenters. The summed E-state index contributed by atoms with van der Waals surface area (Å²) < 4.78 is 25.0. The van der Waals surface area contributed by atoms with Crippen LogP contribution in [-0.2, 0) is 14.8 Å². The molecule has 1 aromatic carbocycles. The molecule has 31 heavy (non-hydrogen) atoms. The SMILES string of the molecule is CS(=O)(=O)N1CCC(C(=O)N(CCCN2CCC(N)CC2)c2ccc(Cl)c(Cl)c2)CC1. The number of nitrogens with two attached hydrogens (primary N) is 1. The third-order valence-electron chi connectivity index (χ3n) is 6.24. The first-order valence-corrected chi connectivity index (χ1v) is 13.4. The second-order valence-electron chi connectivity index (χ2n) is 8.56. The van der Waals surface area contributed by atoms with Crippen molar-refractivity contribution < 1.29 is 13.2 Å². The molecule has 0 radical (unpaired) electrons. The van der Waals surface area contributed by atoms with Gasteiger partial charge < -0.3 is 15.5 Å². The zero-order chi connectivity index (χ0) is 22.6. The summed E-state index contributed by atoms with van der Waals surface area (Å²) in [6, 6.07) is 5.55. The van der Waals surface area contributed by atoms with Crippen molar-refractivity contribution in [2.24, 2.45) is 11.7 Å². The molecule has 7 nitrogen and oxygen atoms in total. The molecular weight excluding hydrogens is 459 g/mol. The van der Waals surface area contributed by atoms with Crippen molar-refractivity contribution in [2.45, 2.75) is 38.1 Å². The van der Waals surface area contributed by atoms with E-state index in [-0.39, 0.29) is 11.8 Å². The highest BCUT2D eigenvalue weighted by molar-refractivity contribution is 7.88. The van der Waals surface area contributed by atoms with Gasteiger partial charge in [0, 0.05) is 37.3 Å². The van der Waals surface area contributed by atoms with E-state index in [1.807, 2.05) is 6.07 Å². The molecule has 2 heterocycles. The van der Waals surface area contributed by atoms with Crippen LogP contribution in [-0.4, -0.2) is 75.1 Å². The second kappa shape index (κ2) is 10.8. The Morgan fingerprint density at radius 1 is 1.10 bits per heavy atom. The minimum atomic E-state index is -3.23. The van der Waals surface area contributed by atoms with E-state index >= 15 is 0 Å². The fourth-order valence-electron chi connectivity index (χ4n) is 4.30. The molecule has 2 aliphatic rings. The molecule has 0 aromatic heterocycles. The van der Waals surface area contributed by atoms with Gasteiger partial charge in [-0.1, -0.05) is 23.2 Å². The van der Waals surface area contributed by atoms with Gasteiger partial charge in [0.2, 0.25) is 15.9 Å². The van der Waals surface area contributed by atoms with E-state index in [4.69, 9.17) is 28.9 Å². The van der Waals surface area contributed by atoms with Gasteiger partial charge in [-0.05, 0) is 69.9 Å². The Labute approximate surface area is 195 Å². The van der Waals surface area contributed by atoms with E-state index in [9.17, 15) is 13.2 Å². The van der Waals surface area contributed by atoms with E-state index in [1.54, 1.807) is 17.0 Å². The predicted octanol–water partition coefficient (Wildman–Crippen LogP) is 2.81. The third kappa shape index (κ3) is 6.79. The Kier molecular flexibility index (Phi) is 8.63. The van der Waals surface area contributed by atoms with Gasteiger partial charge in [0.1, 0.15) is 0 Å². The fourth-order valence-corrected chi connectivity index (χ4v) is 5.47. The first-order chi connectivity index (χ1) is 14.6. The molecule has 1 amide bonds. The summed E-state index contributed by atoms with van der Waals surface area (Å²) in [5.41, 5.74) is 6.72. The summed E-state index contributed by atoms with van der Waals surface area (Å²) in [6.07, 6.45) is 5.11. The van der Waals surface area contributed by atoms with Crippen LogP contribution < -0.4 is 10.6 Å². The molecule has 0 saturated carbocycles. The van der Waals surface area contributed by atoms with Gasteiger partial charge in [0.25, 0.3) is 0 Å². The number of amides is 1. The van der Waals surface area contributed by atoms with Crippen LogP contribution in [0.3, 0.4) is 0 Å². The molecule has 2 fully saturated rings. The molecule has 0 aliphatic carbocycles. The van der Waals surface area contributed by atoms with E-state index < -0.39 is 10.0 Å². The van der Waals surface area contributed by atoms with Crippen LogP contribution in [0.1, 0.15) is 32.1 Å². The Morgan fingerprint density at radius 2 is 1.74 bits per heavy atom. The van der Waals surface area contributed by atoms with Crippen molar-refractivity contribution in [3.63, 3.8) is 0 Å². The van der Waals surface area contributed by atoms with Crippen molar-refractivity contribution >= 4 is 44.8 Å². The van der Waals surface area contributed by atoms with Gasteiger partial charge in [-0.2, -0.15) is 0 Å². The number of hydrogen-bond acceptors (Lipinski definition) is 5. The van der Waals surface area contributed by atoms with Gasteiger partial charge in [-0.15, -0.1) is 0 Å². The van der Waals surface area contributed by atoms with Crippen LogP contribution in [0.2, 0.25) is 10.0 Å². The second-order valence-corrected chi connectivity index (χ2v) is 11.4. The molecule has 0 spiro atoms. The molecule has 10 heteroatoms. The maximum absolute atomic E-state index is 13.4. The molecule has 1 aromatic rings. The van der Waals surface area contributed by atoms with Gasteiger partial charge in [0.15, 0.2) is 0 Å². The first-order valence-electron chi connectivity index (χ1n) is 10.8. The number of rotatable bonds is 7. The summed E-state index contributed by atoms with van der Waals surface area (Å²) in [6.45, 7) is 4.21. The lowest BCUT2D eigenvalue weighted by Gasteiger charge is -2.34. The smallest absolute Gasteiger partial charge is 0.230 e. The minimum Gasteiger partial charge on any atom is -0.328 e. The molecule has 174 valence electrons. The molecule has 2 saturated heterocycles. The number of nitrogens with zero attached hydrogens (tertiary/aromatic N) is 3. The fraction of sp³-hybridized carbons (Fsp3) is 0.667. The average Bonchev–Trinajstić information content (AvgIpc) is 2.74. The first kappa shape index (κ1) is 24.7. The summed E-state index contributed by atoms with van der Waals surface area (Å²) in [4.78, 5) is 17.6. The number of carbonyl (C=O) groups is 1. The standard InChI is InChI=1S/C21H32Cl2N4O3S/c1-31(29,30)26-13-5-16(6-14-26)21(28)27(18-3-4-19(22)20(23)15-18)10-2-9-25-11-7-17(24)8-12-25/h3-4,15-17H,2,5-14,24H2,1H3. The Balaban J connectivity index is 1.66. The lowest BCUT2D eigenvalue weighted by Crippen LogP contribution is -2.45. The number of benzene rings is 1. The zero-order valence-electron chi connectivity index (χ0n) is 18.0. The average molecular weight is 491 g/mol. The van der Waals surface area contributed by atoms with Crippen LogP contribution in [0, 0.1) is 5.92 Å². The summed E-state index contributed by atoms with van der Waals surface area (Å²) in [5.74, 6) is -0.187. The molecule has 2 aliphatic heterocycles. The number of halogens is 2. The zero-order valence-corrected chi connectivity index (χ0v) is 20.3. The number of piperidine rings is 2. The number of likely N-dealkylation sites (tertiary alicyclic amines) is 1.